The molecule has 0 atom stereocenters. The number of rotatable bonds is 6. The predicted octanol–water partition coefficient (Wildman–Crippen LogP) is 3.04. The van der Waals surface area contributed by atoms with Crippen molar-refractivity contribution in [3.05, 3.63) is 54.2 Å². The van der Waals surface area contributed by atoms with Gasteiger partial charge in [0.1, 0.15) is 6.26 Å². The summed E-state index contributed by atoms with van der Waals surface area (Å²) in [7, 11) is 0. The van der Waals surface area contributed by atoms with E-state index in [0.29, 0.717) is 19.4 Å². The van der Waals surface area contributed by atoms with E-state index in [1.807, 2.05) is 49.1 Å². The van der Waals surface area contributed by atoms with E-state index in [2.05, 4.69) is 4.98 Å². The Morgan fingerprint density at radius 3 is 2.65 bits per heavy atom. The molecule has 2 rings (SSSR count). The number of nitrogens with zero attached hydrogens (tertiary/aromatic N) is 2. The van der Waals surface area contributed by atoms with Gasteiger partial charge in [-0.1, -0.05) is 30.3 Å². The highest BCUT2D eigenvalue weighted by Gasteiger charge is 2.17. The van der Waals surface area contributed by atoms with Crippen LogP contribution in [-0.4, -0.2) is 21.8 Å². The second-order valence-electron chi connectivity index (χ2n) is 5.08. The van der Waals surface area contributed by atoms with Crippen molar-refractivity contribution in [2.45, 2.75) is 39.3 Å². The topological polar surface area (TPSA) is 46.3 Å². The summed E-state index contributed by atoms with van der Waals surface area (Å²) >= 11 is 0. The van der Waals surface area contributed by atoms with E-state index >= 15 is 0 Å². The molecule has 0 aliphatic rings. The molecule has 1 aromatic heterocycles. The molecule has 1 amide bonds. The number of aromatic nitrogens is 1. The van der Waals surface area contributed by atoms with Crippen molar-refractivity contribution in [3.63, 3.8) is 0 Å². The lowest BCUT2D eigenvalue weighted by Gasteiger charge is -2.27. The first-order valence-electron chi connectivity index (χ1n) is 6.87. The zero-order valence-electron chi connectivity index (χ0n) is 12.0. The first-order chi connectivity index (χ1) is 9.66. The van der Waals surface area contributed by atoms with Crippen LogP contribution in [0.2, 0.25) is 0 Å². The number of benzene rings is 1. The van der Waals surface area contributed by atoms with Gasteiger partial charge in [0.05, 0.1) is 5.69 Å². The second-order valence-corrected chi connectivity index (χ2v) is 5.08. The Bertz CT molecular complexity index is 521. The van der Waals surface area contributed by atoms with Crippen LogP contribution in [0.5, 0.6) is 0 Å². The van der Waals surface area contributed by atoms with E-state index in [9.17, 15) is 4.79 Å². The van der Waals surface area contributed by atoms with E-state index < -0.39 is 0 Å². The van der Waals surface area contributed by atoms with Crippen LogP contribution in [-0.2, 0) is 17.8 Å². The van der Waals surface area contributed by atoms with Crippen LogP contribution in [0.1, 0.15) is 31.5 Å². The highest BCUT2D eigenvalue weighted by molar-refractivity contribution is 5.76. The van der Waals surface area contributed by atoms with Crippen molar-refractivity contribution in [3.8, 4) is 0 Å². The number of aryl methyl sites for hydroxylation is 1. The molecule has 0 spiro atoms. The molecule has 4 heteroatoms. The third-order valence-electron chi connectivity index (χ3n) is 3.22. The smallest absolute Gasteiger partial charge is 0.223 e. The Morgan fingerprint density at radius 2 is 2.05 bits per heavy atom. The van der Waals surface area contributed by atoms with Gasteiger partial charge in [-0.3, -0.25) is 4.79 Å². The molecular formula is C16H20N2O2. The monoisotopic (exact) mass is 272 g/mol. The summed E-state index contributed by atoms with van der Waals surface area (Å²) in [4.78, 5) is 18.3. The molecule has 0 saturated heterocycles. The molecule has 0 fully saturated rings. The number of carbonyl (C=O) groups excluding carboxylic acids is 1. The van der Waals surface area contributed by atoms with Gasteiger partial charge in [0, 0.05) is 25.4 Å². The fourth-order valence-corrected chi connectivity index (χ4v) is 2.08. The second kappa shape index (κ2) is 6.89. The predicted molar refractivity (Wildman–Crippen MR) is 77.0 cm³/mol. The molecule has 0 N–H and O–H groups in total. The fraction of sp³-hybridized carbons (Fsp3) is 0.375. The summed E-state index contributed by atoms with van der Waals surface area (Å²) in [5.74, 6) is 0.145. The first kappa shape index (κ1) is 14.3. The Kier molecular flexibility index (Phi) is 4.93. The van der Waals surface area contributed by atoms with Crippen LogP contribution >= 0.6 is 0 Å². The SMILES string of the molecule is CC(C)N(Cc1ccccc1)C(=O)CCc1cocn1. The number of oxazole rings is 1. The summed E-state index contributed by atoms with van der Waals surface area (Å²) in [5.41, 5.74) is 1.97. The van der Waals surface area contributed by atoms with Gasteiger partial charge >= 0.3 is 0 Å². The molecule has 4 nitrogen and oxygen atoms in total. The van der Waals surface area contributed by atoms with E-state index in [-0.39, 0.29) is 11.9 Å². The van der Waals surface area contributed by atoms with Crippen molar-refractivity contribution in [2.75, 3.05) is 0 Å². The number of hydrogen-bond donors (Lipinski definition) is 0. The maximum absolute atomic E-state index is 12.4. The van der Waals surface area contributed by atoms with E-state index in [4.69, 9.17) is 4.42 Å². The van der Waals surface area contributed by atoms with Gasteiger partial charge in [0.15, 0.2) is 6.39 Å². The molecule has 0 bridgehead atoms. The summed E-state index contributed by atoms with van der Waals surface area (Å²) in [6.07, 6.45) is 4.05. The van der Waals surface area contributed by atoms with Crippen molar-refractivity contribution in [1.82, 2.24) is 9.88 Å². The molecule has 106 valence electrons. The minimum atomic E-state index is 0.145. The van der Waals surface area contributed by atoms with Crippen LogP contribution in [0.15, 0.2) is 47.4 Å². The number of amides is 1. The third-order valence-corrected chi connectivity index (χ3v) is 3.22. The molecule has 20 heavy (non-hydrogen) atoms. The van der Waals surface area contributed by atoms with Gasteiger partial charge in [-0.2, -0.15) is 0 Å². The molecule has 0 radical (unpaired) electrons. The summed E-state index contributed by atoms with van der Waals surface area (Å²) in [5, 5.41) is 0. The molecule has 0 saturated carbocycles. The minimum absolute atomic E-state index is 0.145. The Morgan fingerprint density at radius 1 is 1.30 bits per heavy atom. The normalized spacial score (nSPS) is 10.8. The standard InChI is InChI=1S/C16H20N2O2/c1-13(2)18(10-14-6-4-3-5-7-14)16(19)9-8-15-11-20-12-17-15/h3-7,11-13H,8-10H2,1-2H3. The lowest BCUT2D eigenvalue weighted by atomic mass is 10.1. The quantitative estimate of drug-likeness (QED) is 0.812. The van der Waals surface area contributed by atoms with Crippen LogP contribution < -0.4 is 0 Å². The highest BCUT2D eigenvalue weighted by Crippen LogP contribution is 2.11. The Labute approximate surface area is 119 Å². The zero-order chi connectivity index (χ0) is 14.4. The van der Waals surface area contributed by atoms with Gasteiger partial charge in [0.2, 0.25) is 5.91 Å². The van der Waals surface area contributed by atoms with E-state index in [1.54, 1.807) is 6.26 Å². The molecule has 0 aliphatic heterocycles. The largest absolute Gasteiger partial charge is 0.451 e. The van der Waals surface area contributed by atoms with Crippen molar-refractivity contribution >= 4 is 5.91 Å². The van der Waals surface area contributed by atoms with Crippen LogP contribution in [0.4, 0.5) is 0 Å². The number of hydrogen-bond acceptors (Lipinski definition) is 3. The lowest BCUT2D eigenvalue weighted by molar-refractivity contribution is -0.133. The third kappa shape index (κ3) is 3.95. The minimum Gasteiger partial charge on any atom is -0.451 e. The number of carbonyl (C=O) groups is 1. The maximum Gasteiger partial charge on any atom is 0.223 e. The molecule has 0 unspecified atom stereocenters. The van der Waals surface area contributed by atoms with Crippen LogP contribution in [0.25, 0.3) is 0 Å². The molecule has 2 aromatic rings. The maximum atomic E-state index is 12.4. The fourth-order valence-electron chi connectivity index (χ4n) is 2.08. The Balaban J connectivity index is 1.95. The van der Waals surface area contributed by atoms with Crippen molar-refractivity contribution < 1.29 is 9.21 Å². The van der Waals surface area contributed by atoms with Gasteiger partial charge in [-0.25, -0.2) is 4.98 Å². The van der Waals surface area contributed by atoms with Gasteiger partial charge < -0.3 is 9.32 Å². The lowest BCUT2D eigenvalue weighted by Crippen LogP contribution is -2.36. The summed E-state index contributed by atoms with van der Waals surface area (Å²) in [6, 6.07) is 10.2. The average Bonchev–Trinajstić information content (AvgIpc) is 2.96. The first-order valence-corrected chi connectivity index (χ1v) is 6.87. The molecule has 0 aliphatic carbocycles. The molecular weight excluding hydrogens is 252 g/mol. The van der Waals surface area contributed by atoms with Crippen LogP contribution in [0.3, 0.4) is 0 Å². The van der Waals surface area contributed by atoms with Gasteiger partial charge in [-0.15, -0.1) is 0 Å². The average molecular weight is 272 g/mol. The van der Waals surface area contributed by atoms with Crippen LogP contribution in [0, 0.1) is 0 Å². The summed E-state index contributed by atoms with van der Waals surface area (Å²) < 4.78 is 4.91. The van der Waals surface area contributed by atoms with Gasteiger partial charge in [-0.05, 0) is 19.4 Å². The van der Waals surface area contributed by atoms with E-state index in [0.717, 1.165) is 11.3 Å². The van der Waals surface area contributed by atoms with Crippen molar-refractivity contribution in [1.29, 1.82) is 0 Å². The van der Waals surface area contributed by atoms with Crippen molar-refractivity contribution in [2.24, 2.45) is 0 Å². The highest BCUT2D eigenvalue weighted by atomic mass is 16.3. The van der Waals surface area contributed by atoms with Gasteiger partial charge in [0.25, 0.3) is 0 Å². The van der Waals surface area contributed by atoms with E-state index in [1.165, 1.54) is 6.39 Å². The zero-order valence-corrected chi connectivity index (χ0v) is 12.0. The molecule has 1 aromatic carbocycles. The summed E-state index contributed by atoms with van der Waals surface area (Å²) in [6.45, 7) is 4.73. The Hall–Kier alpha value is -2.10. The molecule has 1 heterocycles.